The summed E-state index contributed by atoms with van der Waals surface area (Å²) in [6, 6.07) is 13.2. The first kappa shape index (κ1) is 22.4. The van der Waals surface area contributed by atoms with Crippen molar-refractivity contribution in [3.8, 4) is 0 Å². The predicted molar refractivity (Wildman–Crippen MR) is 115 cm³/mol. The largest absolute Gasteiger partial charge is 0.346 e. The lowest BCUT2D eigenvalue weighted by atomic mass is 9.95. The van der Waals surface area contributed by atoms with Gasteiger partial charge in [-0.2, -0.15) is 0 Å². The molecule has 1 unspecified atom stereocenters. The standard InChI is InChI=1S/C21H27N3O4S/c1-14(15-8-6-11-18(12-15)24-29(5,27)28)22-19(25)16-9-7-10-17(13-16)23-20(26)21(2,3)4/h6-14,24H,1-5H3,(H,22,25)(H,23,26). The summed E-state index contributed by atoms with van der Waals surface area (Å²) in [5.41, 5.74) is 1.60. The average molecular weight is 418 g/mol. The molecule has 0 heterocycles. The zero-order valence-corrected chi connectivity index (χ0v) is 18.1. The first-order valence-electron chi connectivity index (χ1n) is 9.15. The van der Waals surface area contributed by atoms with E-state index < -0.39 is 15.4 Å². The monoisotopic (exact) mass is 417 g/mol. The number of rotatable bonds is 6. The van der Waals surface area contributed by atoms with Gasteiger partial charge in [0.25, 0.3) is 5.91 Å². The minimum atomic E-state index is -3.38. The molecule has 0 aliphatic carbocycles. The van der Waals surface area contributed by atoms with E-state index >= 15 is 0 Å². The van der Waals surface area contributed by atoms with Crippen LogP contribution in [-0.2, 0) is 14.8 Å². The molecule has 8 heteroatoms. The molecule has 1 atom stereocenters. The normalized spacial score (nSPS) is 12.7. The Morgan fingerprint density at radius 3 is 2.21 bits per heavy atom. The zero-order valence-electron chi connectivity index (χ0n) is 17.2. The van der Waals surface area contributed by atoms with E-state index in [1.807, 2.05) is 27.7 Å². The van der Waals surface area contributed by atoms with Crippen LogP contribution in [0.4, 0.5) is 11.4 Å². The molecule has 0 spiro atoms. The van der Waals surface area contributed by atoms with E-state index in [9.17, 15) is 18.0 Å². The molecule has 0 aromatic heterocycles. The van der Waals surface area contributed by atoms with Crippen LogP contribution in [0.25, 0.3) is 0 Å². The fraction of sp³-hybridized carbons (Fsp3) is 0.333. The number of hydrogen-bond acceptors (Lipinski definition) is 4. The Morgan fingerprint density at radius 2 is 1.59 bits per heavy atom. The van der Waals surface area contributed by atoms with E-state index in [0.717, 1.165) is 11.8 Å². The Bertz CT molecular complexity index is 1010. The Morgan fingerprint density at radius 1 is 0.966 bits per heavy atom. The summed E-state index contributed by atoms with van der Waals surface area (Å²) in [6.07, 6.45) is 1.08. The quantitative estimate of drug-likeness (QED) is 0.669. The van der Waals surface area contributed by atoms with Crippen LogP contribution >= 0.6 is 0 Å². The molecule has 7 nitrogen and oxygen atoms in total. The van der Waals surface area contributed by atoms with Gasteiger partial charge < -0.3 is 10.6 Å². The molecule has 0 bridgehead atoms. The van der Waals surface area contributed by atoms with Crippen molar-refractivity contribution in [2.75, 3.05) is 16.3 Å². The molecule has 2 rings (SSSR count). The maximum atomic E-state index is 12.6. The third-order valence-electron chi connectivity index (χ3n) is 4.10. The highest BCUT2D eigenvalue weighted by atomic mass is 32.2. The van der Waals surface area contributed by atoms with Gasteiger partial charge in [-0.1, -0.05) is 39.0 Å². The van der Waals surface area contributed by atoms with Gasteiger partial charge in [-0.05, 0) is 42.8 Å². The first-order chi connectivity index (χ1) is 13.3. The first-order valence-corrected chi connectivity index (χ1v) is 11.0. The van der Waals surface area contributed by atoms with Gasteiger partial charge in [0, 0.05) is 22.4 Å². The van der Waals surface area contributed by atoms with Crippen molar-refractivity contribution in [2.45, 2.75) is 33.7 Å². The van der Waals surface area contributed by atoms with Crippen molar-refractivity contribution in [1.82, 2.24) is 5.32 Å². The molecule has 0 aliphatic heterocycles. The number of hydrogen-bond donors (Lipinski definition) is 3. The molecule has 0 fully saturated rings. The van der Waals surface area contributed by atoms with Crippen molar-refractivity contribution in [3.63, 3.8) is 0 Å². The highest BCUT2D eigenvalue weighted by Crippen LogP contribution is 2.20. The van der Waals surface area contributed by atoms with Crippen LogP contribution in [-0.4, -0.2) is 26.5 Å². The fourth-order valence-electron chi connectivity index (χ4n) is 2.51. The molecule has 2 amide bonds. The van der Waals surface area contributed by atoms with Crippen LogP contribution in [0.2, 0.25) is 0 Å². The third-order valence-corrected chi connectivity index (χ3v) is 4.71. The van der Waals surface area contributed by atoms with Gasteiger partial charge in [0.15, 0.2) is 0 Å². The highest BCUT2D eigenvalue weighted by Gasteiger charge is 2.21. The van der Waals surface area contributed by atoms with Gasteiger partial charge in [-0.15, -0.1) is 0 Å². The third kappa shape index (κ3) is 6.90. The lowest BCUT2D eigenvalue weighted by molar-refractivity contribution is -0.123. The van der Waals surface area contributed by atoms with Gasteiger partial charge in [0.05, 0.1) is 12.3 Å². The molecule has 0 aliphatic rings. The van der Waals surface area contributed by atoms with Gasteiger partial charge >= 0.3 is 0 Å². The predicted octanol–water partition coefficient (Wildman–Crippen LogP) is 3.53. The highest BCUT2D eigenvalue weighted by molar-refractivity contribution is 7.92. The van der Waals surface area contributed by atoms with Crippen LogP contribution in [0.5, 0.6) is 0 Å². The Hall–Kier alpha value is -2.87. The average Bonchev–Trinajstić information content (AvgIpc) is 2.59. The number of amides is 2. The summed E-state index contributed by atoms with van der Waals surface area (Å²) in [6.45, 7) is 7.25. The van der Waals surface area contributed by atoms with E-state index in [-0.39, 0.29) is 17.9 Å². The second kappa shape index (κ2) is 8.65. The van der Waals surface area contributed by atoms with E-state index in [1.165, 1.54) is 0 Å². The van der Waals surface area contributed by atoms with Crippen LogP contribution < -0.4 is 15.4 Å². The van der Waals surface area contributed by atoms with Crippen LogP contribution in [0.3, 0.4) is 0 Å². The molecule has 3 N–H and O–H groups in total. The molecule has 0 saturated heterocycles. The summed E-state index contributed by atoms with van der Waals surface area (Å²) in [5.74, 6) is -0.440. The van der Waals surface area contributed by atoms with Crippen molar-refractivity contribution < 1.29 is 18.0 Å². The second-order valence-corrected chi connectivity index (χ2v) is 9.73. The Kier molecular flexibility index (Phi) is 6.69. The summed E-state index contributed by atoms with van der Waals surface area (Å²) < 4.78 is 25.2. The molecule has 156 valence electrons. The minimum Gasteiger partial charge on any atom is -0.346 e. The molecule has 0 saturated carbocycles. The second-order valence-electron chi connectivity index (χ2n) is 7.98. The van der Waals surface area contributed by atoms with Gasteiger partial charge in [0.1, 0.15) is 0 Å². The van der Waals surface area contributed by atoms with E-state index in [0.29, 0.717) is 16.9 Å². The number of nitrogens with one attached hydrogen (secondary N) is 3. The molecule has 0 radical (unpaired) electrons. The van der Waals surface area contributed by atoms with E-state index in [1.54, 1.807) is 48.5 Å². The molecule has 29 heavy (non-hydrogen) atoms. The van der Waals surface area contributed by atoms with Crippen molar-refractivity contribution in [3.05, 3.63) is 59.7 Å². The molecule has 2 aromatic rings. The number of sulfonamides is 1. The number of carbonyl (C=O) groups is 2. The number of benzene rings is 2. The topological polar surface area (TPSA) is 104 Å². The molecular weight excluding hydrogens is 390 g/mol. The number of carbonyl (C=O) groups excluding carboxylic acids is 2. The molecule has 2 aromatic carbocycles. The van der Waals surface area contributed by atoms with E-state index in [2.05, 4.69) is 15.4 Å². The SMILES string of the molecule is CC(NC(=O)c1cccc(NC(=O)C(C)(C)C)c1)c1cccc(NS(C)(=O)=O)c1. The summed E-state index contributed by atoms with van der Waals surface area (Å²) in [4.78, 5) is 24.8. The lowest BCUT2D eigenvalue weighted by Gasteiger charge is -2.18. The number of anilines is 2. The summed E-state index contributed by atoms with van der Waals surface area (Å²) >= 11 is 0. The lowest BCUT2D eigenvalue weighted by Crippen LogP contribution is -2.28. The maximum Gasteiger partial charge on any atom is 0.251 e. The van der Waals surface area contributed by atoms with Crippen LogP contribution in [0.1, 0.15) is 49.7 Å². The summed E-state index contributed by atoms with van der Waals surface area (Å²) in [5, 5.41) is 5.69. The zero-order chi connectivity index (χ0) is 21.8. The van der Waals surface area contributed by atoms with Gasteiger partial charge in [-0.25, -0.2) is 8.42 Å². The van der Waals surface area contributed by atoms with E-state index in [4.69, 9.17) is 0 Å². The van der Waals surface area contributed by atoms with Gasteiger partial charge in [0.2, 0.25) is 15.9 Å². The summed E-state index contributed by atoms with van der Waals surface area (Å²) in [7, 11) is -3.38. The van der Waals surface area contributed by atoms with Crippen LogP contribution in [0, 0.1) is 5.41 Å². The van der Waals surface area contributed by atoms with Crippen molar-refractivity contribution >= 4 is 33.2 Å². The Labute approximate surface area is 172 Å². The van der Waals surface area contributed by atoms with Crippen molar-refractivity contribution in [2.24, 2.45) is 5.41 Å². The van der Waals surface area contributed by atoms with Crippen molar-refractivity contribution in [1.29, 1.82) is 0 Å². The van der Waals surface area contributed by atoms with Gasteiger partial charge in [-0.3, -0.25) is 14.3 Å². The van der Waals surface area contributed by atoms with Crippen LogP contribution in [0.15, 0.2) is 48.5 Å². The molecular formula is C21H27N3O4S. The fourth-order valence-corrected chi connectivity index (χ4v) is 3.06. The smallest absolute Gasteiger partial charge is 0.251 e. The Balaban J connectivity index is 2.11. The maximum absolute atomic E-state index is 12.6. The minimum absolute atomic E-state index is 0.140.